The molecular formula is C9H15N3S. The molecule has 0 amide bonds. The lowest BCUT2D eigenvalue weighted by molar-refractivity contribution is 0.526. The van der Waals surface area contributed by atoms with Crippen LogP contribution in [-0.2, 0) is 6.42 Å². The highest BCUT2D eigenvalue weighted by molar-refractivity contribution is 7.09. The molecular weight excluding hydrogens is 182 g/mol. The largest absolute Gasteiger partial charge is 0.271 e. The Hall–Kier alpha value is -0.710. The van der Waals surface area contributed by atoms with Crippen LogP contribution in [0, 0.1) is 6.92 Å². The predicted octanol–water partition coefficient (Wildman–Crippen LogP) is 1.40. The summed E-state index contributed by atoms with van der Waals surface area (Å²) in [6.45, 7) is 5.69. The molecule has 0 aliphatic heterocycles. The normalized spacial score (nSPS) is 12.8. The van der Waals surface area contributed by atoms with E-state index in [2.05, 4.69) is 22.4 Å². The van der Waals surface area contributed by atoms with Crippen LogP contribution >= 0.6 is 11.3 Å². The maximum atomic E-state index is 5.39. The van der Waals surface area contributed by atoms with E-state index >= 15 is 0 Å². The van der Waals surface area contributed by atoms with Gasteiger partial charge in [0.2, 0.25) is 0 Å². The van der Waals surface area contributed by atoms with Crippen LogP contribution in [0.15, 0.2) is 18.0 Å². The molecule has 1 aromatic heterocycles. The third-order valence-electron chi connectivity index (χ3n) is 1.81. The van der Waals surface area contributed by atoms with Gasteiger partial charge in [-0.1, -0.05) is 6.08 Å². The molecule has 0 fully saturated rings. The second-order valence-corrected chi connectivity index (χ2v) is 4.01. The van der Waals surface area contributed by atoms with Crippen molar-refractivity contribution in [2.45, 2.75) is 25.8 Å². The number of nitrogens with zero attached hydrogens (tertiary/aromatic N) is 1. The highest BCUT2D eigenvalue weighted by Crippen LogP contribution is 2.10. The van der Waals surface area contributed by atoms with Crippen molar-refractivity contribution in [3.8, 4) is 0 Å². The third kappa shape index (κ3) is 3.26. The Labute approximate surface area is 82.7 Å². The van der Waals surface area contributed by atoms with Crippen molar-refractivity contribution in [1.82, 2.24) is 10.4 Å². The van der Waals surface area contributed by atoms with Gasteiger partial charge in [-0.25, -0.2) is 4.98 Å². The molecule has 0 aliphatic rings. The zero-order valence-electron chi connectivity index (χ0n) is 7.79. The molecule has 1 atom stereocenters. The minimum Gasteiger partial charge on any atom is -0.271 e. The highest BCUT2D eigenvalue weighted by atomic mass is 32.1. The molecule has 0 aromatic carbocycles. The predicted molar refractivity (Wildman–Crippen MR) is 56.5 cm³/mol. The quantitative estimate of drug-likeness (QED) is 0.426. The van der Waals surface area contributed by atoms with Gasteiger partial charge in [0, 0.05) is 17.8 Å². The van der Waals surface area contributed by atoms with Crippen LogP contribution in [0.3, 0.4) is 0 Å². The topological polar surface area (TPSA) is 50.9 Å². The molecule has 13 heavy (non-hydrogen) atoms. The molecule has 3 N–H and O–H groups in total. The van der Waals surface area contributed by atoms with Crippen molar-refractivity contribution in [1.29, 1.82) is 0 Å². The first-order chi connectivity index (χ1) is 6.26. The molecule has 0 spiro atoms. The first-order valence-electron chi connectivity index (χ1n) is 4.24. The summed E-state index contributed by atoms with van der Waals surface area (Å²) in [4.78, 5) is 4.37. The van der Waals surface area contributed by atoms with Gasteiger partial charge in [-0.15, -0.1) is 17.9 Å². The Kier molecular flexibility index (Phi) is 4.08. The summed E-state index contributed by atoms with van der Waals surface area (Å²) in [7, 11) is 0. The first-order valence-corrected chi connectivity index (χ1v) is 5.12. The van der Waals surface area contributed by atoms with E-state index in [0.717, 1.165) is 23.5 Å². The Morgan fingerprint density at radius 3 is 3.08 bits per heavy atom. The fourth-order valence-electron chi connectivity index (χ4n) is 1.17. The number of aromatic nitrogens is 1. The highest BCUT2D eigenvalue weighted by Gasteiger charge is 2.07. The van der Waals surface area contributed by atoms with Crippen LogP contribution in [0.5, 0.6) is 0 Å². The zero-order valence-corrected chi connectivity index (χ0v) is 8.60. The lowest BCUT2D eigenvalue weighted by Crippen LogP contribution is -2.36. The van der Waals surface area contributed by atoms with E-state index in [9.17, 15) is 0 Å². The zero-order chi connectivity index (χ0) is 9.68. The monoisotopic (exact) mass is 197 g/mol. The molecule has 4 heteroatoms. The van der Waals surface area contributed by atoms with Gasteiger partial charge in [0.15, 0.2) is 0 Å². The van der Waals surface area contributed by atoms with Crippen molar-refractivity contribution in [2.24, 2.45) is 5.84 Å². The second kappa shape index (κ2) is 5.11. The lowest BCUT2D eigenvalue weighted by atomic mass is 10.1. The van der Waals surface area contributed by atoms with Crippen molar-refractivity contribution >= 4 is 11.3 Å². The third-order valence-corrected chi connectivity index (χ3v) is 2.63. The van der Waals surface area contributed by atoms with Crippen LogP contribution in [0.4, 0.5) is 0 Å². The number of hydrogen-bond donors (Lipinski definition) is 2. The molecule has 0 saturated carbocycles. The molecule has 0 saturated heterocycles. The SMILES string of the molecule is C=CCC(Cc1csc(C)n1)NN. The van der Waals surface area contributed by atoms with Crippen LogP contribution in [0.2, 0.25) is 0 Å². The minimum atomic E-state index is 0.249. The summed E-state index contributed by atoms with van der Waals surface area (Å²) in [6.07, 6.45) is 3.60. The van der Waals surface area contributed by atoms with Gasteiger partial charge in [0.05, 0.1) is 10.7 Å². The van der Waals surface area contributed by atoms with Crippen molar-refractivity contribution in [3.63, 3.8) is 0 Å². The number of aryl methyl sites for hydroxylation is 1. The Morgan fingerprint density at radius 2 is 2.62 bits per heavy atom. The van der Waals surface area contributed by atoms with E-state index in [0.29, 0.717) is 0 Å². The standard InChI is InChI=1S/C9H15N3S/c1-3-4-8(12-10)5-9-6-13-7(2)11-9/h3,6,8,12H,1,4-5,10H2,2H3. The molecule has 0 bridgehead atoms. The van der Waals surface area contributed by atoms with Crippen LogP contribution in [-0.4, -0.2) is 11.0 Å². The van der Waals surface area contributed by atoms with Gasteiger partial charge in [-0.3, -0.25) is 11.3 Å². The first kappa shape index (κ1) is 10.4. The van der Waals surface area contributed by atoms with Gasteiger partial charge in [-0.05, 0) is 13.3 Å². The van der Waals surface area contributed by atoms with Gasteiger partial charge in [-0.2, -0.15) is 0 Å². The van der Waals surface area contributed by atoms with Crippen LogP contribution < -0.4 is 11.3 Å². The van der Waals surface area contributed by atoms with E-state index in [4.69, 9.17) is 5.84 Å². The molecule has 0 radical (unpaired) electrons. The fourth-order valence-corrected chi connectivity index (χ4v) is 1.79. The number of nitrogens with one attached hydrogen (secondary N) is 1. The van der Waals surface area contributed by atoms with Crippen molar-refractivity contribution in [2.75, 3.05) is 0 Å². The number of thiazole rings is 1. The van der Waals surface area contributed by atoms with Crippen LogP contribution in [0.1, 0.15) is 17.1 Å². The Balaban J connectivity index is 2.50. The molecule has 0 aliphatic carbocycles. The molecule has 1 unspecified atom stereocenters. The summed E-state index contributed by atoms with van der Waals surface area (Å²) < 4.78 is 0. The van der Waals surface area contributed by atoms with E-state index in [1.165, 1.54) is 0 Å². The fraction of sp³-hybridized carbons (Fsp3) is 0.444. The molecule has 1 heterocycles. The minimum absolute atomic E-state index is 0.249. The summed E-state index contributed by atoms with van der Waals surface area (Å²) in [5, 5.41) is 3.17. The van der Waals surface area contributed by atoms with E-state index in [1.807, 2.05) is 13.0 Å². The Morgan fingerprint density at radius 1 is 1.85 bits per heavy atom. The maximum absolute atomic E-state index is 5.39. The molecule has 1 rings (SSSR count). The summed E-state index contributed by atoms with van der Waals surface area (Å²) in [5.41, 5.74) is 3.86. The Bertz CT molecular complexity index is 270. The van der Waals surface area contributed by atoms with Crippen molar-refractivity contribution < 1.29 is 0 Å². The van der Waals surface area contributed by atoms with E-state index in [-0.39, 0.29) is 6.04 Å². The maximum Gasteiger partial charge on any atom is 0.0897 e. The summed E-state index contributed by atoms with van der Waals surface area (Å²) >= 11 is 1.67. The lowest BCUT2D eigenvalue weighted by Gasteiger charge is -2.11. The molecule has 3 nitrogen and oxygen atoms in total. The van der Waals surface area contributed by atoms with Gasteiger partial charge >= 0.3 is 0 Å². The summed E-state index contributed by atoms with van der Waals surface area (Å²) in [6, 6.07) is 0.249. The van der Waals surface area contributed by atoms with E-state index < -0.39 is 0 Å². The average Bonchev–Trinajstić information content (AvgIpc) is 2.50. The van der Waals surface area contributed by atoms with Gasteiger partial charge < -0.3 is 0 Å². The second-order valence-electron chi connectivity index (χ2n) is 2.95. The van der Waals surface area contributed by atoms with Gasteiger partial charge in [0.1, 0.15) is 0 Å². The smallest absolute Gasteiger partial charge is 0.0897 e. The number of hydrazine groups is 1. The summed E-state index contributed by atoms with van der Waals surface area (Å²) in [5.74, 6) is 5.39. The number of rotatable bonds is 5. The number of nitrogens with two attached hydrogens (primary N) is 1. The molecule has 72 valence electrons. The van der Waals surface area contributed by atoms with Crippen LogP contribution in [0.25, 0.3) is 0 Å². The van der Waals surface area contributed by atoms with Crippen molar-refractivity contribution in [3.05, 3.63) is 28.7 Å². The average molecular weight is 197 g/mol. The van der Waals surface area contributed by atoms with E-state index in [1.54, 1.807) is 11.3 Å². The molecule has 1 aromatic rings. The van der Waals surface area contributed by atoms with Gasteiger partial charge in [0.25, 0.3) is 0 Å². The number of hydrogen-bond acceptors (Lipinski definition) is 4.